The van der Waals surface area contributed by atoms with E-state index in [4.69, 9.17) is 10.9 Å². The maximum Gasteiger partial charge on any atom is 0.325 e. The Kier molecular flexibility index (Phi) is 4.38. The smallest absolute Gasteiger partial charge is 0.325 e. The second kappa shape index (κ2) is 5.79. The number of hydrazine groups is 1. The van der Waals surface area contributed by atoms with Crippen molar-refractivity contribution in [3.63, 3.8) is 0 Å². The lowest BCUT2D eigenvalue weighted by atomic mass is 10.2. The van der Waals surface area contributed by atoms with Crippen LogP contribution in [-0.2, 0) is 4.79 Å². The SMILES string of the molecule is C[C@H](Nc1cc(NN)c([N+](=O)[O-])cc1[N+](=O)[O-])C(=O)O. The van der Waals surface area contributed by atoms with E-state index in [0.29, 0.717) is 6.07 Å². The predicted octanol–water partition coefficient (Wildman–Crippen LogP) is 0.674. The molecular formula is C9H11N5O6. The van der Waals surface area contributed by atoms with Gasteiger partial charge in [0.05, 0.1) is 15.9 Å². The number of hydrogen-bond donors (Lipinski definition) is 4. The third-order valence-electron chi connectivity index (χ3n) is 2.41. The third-order valence-corrected chi connectivity index (χ3v) is 2.41. The van der Waals surface area contributed by atoms with Gasteiger partial charge in [0.1, 0.15) is 17.4 Å². The summed E-state index contributed by atoms with van der Waals surface area (Å²) in [7, 11) is 0. The van der Waals surface area contributed by atoms with E-state index in [1.807, 2.05) is 5.43 Å². The summed E-state index contributed by atoms with van der Waals surface area (Å²) in [5.41, 5.74) is 0.452. The van der Waals surface area contributed by atoms with Crippen molar-refractivity contribution in [1.82, 2.24) is 0 Å². The van der Waals surface area contributed by atoms with Crippen molar-refractivity contribution in [2.45, 2.75) is 13.0 Å². The molecule has 0 aliphatic carbocycles. The molecule has 0 amide bonds. The van der Waals surface area contributed by atoms with Crippen molar-refractivity contribution in [1.29, 1.82) is 0 Å². The summed E-state index contributed by atoms with van der Waals surface area (Å²) in [5, 5.41) is 32.8. The summed E-state index contributed by atoms with van der Waals surface area (Å²) in [5.74, 6) is 3.87. The molecule has 11 heteroatoms. The van der Waals surface area contributed by atoms with Crippen LogP contribution in [0, 0.1) is 20.2 Å². The van der Waals surface area contributed by atoms with Crippen LogP contribution in [0.4, 0.5) is 22.7 Å². The topological polar surface area (TPSA) is 174 Å². The van der Waals surface area contributed by atoms with Crippen LogP contribution < -0.4 is 16.6 Å². The number of carbonyl (C=O) groups is 1. The molecule has 108 valence electrons. The van der Waals surface area contributed by atoms with E-state index in [-0.39, 0.29) is 11.4 Å². The Morgan fingerprint density at radius 3 is 2.15 bits per heavy atom. The average molecular weight is 285 g/mol. The third kappa shape index (κ3) is 3.08. The fourth-order valence-electron chi connectivity index (χ4n) is 1.41. The molecule has 0 spiro atoms. The van der Waals surface area contributed by atoms with Crippen LogP contribution in [0.2, 0.25) is 0 Å². The van der Waals surface area contributed by atoms with Crippen LogP contribution in [0.3, 0.4) is 0 Å². The minimum Gasteiger partial charge on any atom is -0.480 e. The molecule has 0 aliphatic heterocycles. The van der Waals surface area contributed by atoms with Crippen LogP contribution in [0.25, 0.3) is 0 Å². The van der Waals surface area contributed by atoms with Gasteiger partial charge in [-0.25, -0.2) is 0 Å². The molecule has 11 nitrogen and oxygen atoms in total. The van der Waals surface area contributed by atoms with Gasteiger partial charge < -0.3 is 15.8 Å². The molecule has 1 atom stereocenters. The van der Waals surface area contributed by atoms with E-state index in [1.165, 1.54) is 6.92 Å². The van der Waals surface area contributed by atoms with Gasteiger partial charge in [-0.15, -0.1) is 0 Å². The molecule has 0 saturated heterocycles. The molecule has 0 aromatic heterocycles. The number of benzene rings is 1. The molecule has 0 saturated carbocycles. The number of anilines is 2. The molecule has 0 fully saturated rings. The van der Waals surface area contributed by atoms with E-state index in [9.17, 15) is 25.0 Å². The zero-order chi connectivity index (χ0) is 15.4. The van der Waals surface area contributed by atoms with Crippen molar-refractivity contribution < 1.29 is 19.7 Å². The Labute approximate surface area is 111 Å². The number of nitrogen functional groups attached to an aromatic ring is 1. The maximum atomic E-state index is 10.9. The van der Waals surface area contributed by atoms with Gasteiger partial charge in [-0.05, 0) is 13.0 Å². The molecule has 1 aromatic carbocycles. The molecule has 0 heterocycles. The highest BCUT2D eigenvalue weighted by atomic mass is 16.6. The lowest BCUT2D eigenvalue weighted by Gasteiger charge is -2.12. The Bertz CT molecular complexity index is 574. The molecule has 1 aromatic rings. The van der Waals surface area contributed by atoms with E-state index >= 15 is 0 Å². The van der Waals surface area contributed by atoms with Crippen molar-refractivity contribution >= 4 is 28.7 Å². The minimum atomic E-state index is -1.24. The zero-order valence-electron chi connectivity index (χ0n) is 10.2. The van der Waals surface area contributed by atoms with Gasteiger partial charge in [-0.1, -0.05) is 0 Å². The zero-order valence-corrected chi connectivity index (χ0v) is 10.2. The van der Waals surface area contributed by atoms with E-state index in [2.05, 4.69) is 5.32 Å². The average Bonchev–Trinajstić information content (AvgIpc) is 2.37. The highest BCUT2D eigenvalue weighted by Crippen LogP contribution is 2.35. The van der Waals surface area contributed by atoms with Gasteiger partial charge in [0.15, 0.2) is 0 Å². The highest BCUT2D eigenvalue weighted by molar-refractivity contribution is 5.82. The number of nitro groups is 2. The van der Waals surface area contributed by atoms with Crippen LogP contribution >= 0.6 is 0 Å². The number of hydrogen-bond acceptors (Lipinski definition) is 8. The number of nitrogens with one attached hydrogen (secondary N) is 2. The molecular weight excluding hydrogens is 274 g/mol. The highest BCUT2D eigenvalue weighted by Gasteiger charge is 2.26. The van der Waals surface area contributed by atoms with Gasteiger partial charge in [0, 0.05) is 0 Å². The number of rotatable bonds is 6. The van der Waals surface area contributed by atoms with Crippen molar-refractivity contribution in [3.05, 3.63) is 32.4 Å². The number of nitrogens with two attached hydrogens (primary N) is 1. The number of carboxylic acids is 1. The largest absolute Gasteiger partial charge is 0.480 e. The first-order valence-corrected chi connectivity index (χ1v) is 5.20. The van der Waals surface area contributed by atoms with Gasteiger partial charge in [-0.3, -0.25) is 30.9 Å². The lowest BCUT2D eigenvalue weighted by molar-refractivity contribution is -0.393. The second-order valence-electron chi connectivity index (χ2n) is 3.75. The number of nitro benzene ring substituents is 2. The molecule has 5 N–H and O–H groups in total. The Morgan fingerprint density at radius 1 is 1.25 bits per heavy atom. The first-order chi connectivity index (χ1) is 9.27. The summed E-state index contributed by atoms with van der Waals surface area (Å²) in [6, 6.07) is 0.586. The molecule has 0 radical (unpaired) electrons. The Balaban J connectivity index is 3.38. The first kappa shape index (κ1) is 15.1. The van der Waals surface area contributed by atoms with Crippen LogP contribution in [0.5, 0.6) is 0 Å². The van der Waals surface area contributed by atoms with Crippen LogP contribution in [0.15, 0.2) is 12.1 Å². The molecule has 20 heavy (non-hydrogen) atoms. The molecule has 0 unspecified atom stereocenters. The van der Waals surface area contributed by atoms with E-state index in [1.54, 1.807) is 0 Å². The molecule has 0 aliphatic rings. The van der Waals surface area contributed by atoms with Gasteiger partial charge >= 0.3 is 11.7 Å². The van der Waals surface area contributed by atoms with Crippen molar-refractivity contribution in [3.8, 4) is 0 Å². The van der Waals surface area contributed by atoms with Crippen LogP contribution in [0.1, 0.15) is 6.92 Å². The summed E-state index contributed by atoms with van der Waals surface area (Å²) < 4.78 is 0. The molecule has 1 rings (SSSR count). The summed E-state index contributed by atoms with van der Waals surface area (Å²) >= 11 is 0. The second-order valence-corrected chi connectivity index (χ2v) is 3.75. The maximum absolute atomic E-state index is 10.9. The minimum absolute atomic E-state index is 0.180. The fourth-order valence-corrected chi connectivity index (χ4v) is 1.41. The number of carboxylic acid groups (broad SMARTS) is 1. The normalized spacial score (nSPS) is 11.5. The van der Waals surface area contributed by atoms with Crippen molar-refractivity contribution in [2.24, 2.45) is 5.84 Å². The Hall–Kier alpha value is -2.95. The lowest BCUT2D eigenvalue weighted by Crippen LogP contribution is -2.26. The van der Waals surface area contributed by atoms with Gasteiger partial charge in [0.25, 0.3) is 5.69 Å². The first-order valence-electron chi connectivity index (χ1n) is 5.20. The predicted molar refractivity (Wildman–Crippen MR) is 68.3 cm³/mol. The number of aliphatic carboxylic acids is 1. The molecule has 0 bridgehead atoms. The number of nitrogens with zero attached hydrogens (tertiary/aromatic N) is 2. The van der Waals surface area contributed by atoms with Crippen LogP contribution in [-0.4, -0.2) is 27.0 Å². The van der Waals surface area contributed by atoms with Gasteiger partial charge in [0.2, 0.25) is 0 Å². The quantitative estimate of drug-likeness (QED) is 0.332. The monoisotopic (exact) mass is 285 g/mol. The van der Waals surface area contributed by atoms with Crippen molar-refractivity contribution in [2.75, 3.05) is 10.7 Å². The Morgan fingerprint density at radius 2 is 1.75 bits per heavy atom. The van der Waals surface area contributed by atoms with E-state index in [0.717, 1.165) is 6.07 Å². The fraction of sp³-hybridized carbons (Fsp3) is 0.222. The summed E-state index contributed by atoms with van der Waals surface area (Å²) in [4.78, 5) is 30.7. The van der Waals surface area contributed by atoms with E-state index < -0.39 is 33.2 Å². The standard InChI is InChI=1S/C9H11N5O6/c1-4(9(15)16)11-5-2-6(12-10)8(14(19)20)3-7(5)13(17)18/h2-4,11-12H,10H2,1H3,(H,15,16)/t4-/m0/s1. The van der Waals surface area contributed by atoms with Gasteiger partial charge in [-0.2, -0.15) is 0 Å². The summed E-state index contributed by atoms with van der Waals surface area (Å²) in [6.07, 6.45) is 0. The summed E-state index contributed by atoms with van der Waals surface area (Å²) in [6.45, 7) is 1.27.